The van der Waals surface area contributed by atoms with Crippen molar-refractivity contribution in [2.24, 2.45) is 0 Å². The predicted octanol–water partition coefficient (Wildman–Crippen LogP) is 4.27. The van der Waals surface area contributed by atoms with Crippen LogP contribution in [0, 0.1) is 0 Å². The first-order chi connectivity index (χ1) is 15.2. The van der Waals surface area contributed by atoms with Crippen LogP contribution >= 0.6 is 0 Å². The van der Waals surface area contributed by atoms with Gasteiger partial charge in [0.25, 0.3) is 0 Å². The monoisotopic (exact) mass is 419 g/mol. The van der Waals surface area contributed by atoms with Crippen molar-refractivity contribution in [3.05, 3.63) is 76.9 Å². The number of fused-ring (bicyclic) bond motifs is 3. The van der Waals surface area contributed by atoms with Crippen LogP contribution in [0.3, 0.4) is 0 Å². The number of Topliss-reactive ketones (excluding diaryl/α,β-unsaturated/α-hetero) is 1. The fourth-order valence-electron chi connectivity index (χ4n) is 3.82. The van der Waals surface area contributed by atoms with Crippen LogP contribution in [-0.2, 0) is 13.1 Å². The van der Waals surface area contributed by atoms with Crippen LogP contribution in [0.25, 0.3) is 6.08 Å². The number of ether oxygens (including phenoxy) is 4. The van der Waals surface area contributed by atoms with E-state index in [4.69, 9.17) is 23.4 Å². The van der Waals surface area contributed by atoms with E-state index in [9.17, 15) is 4.79 Å². The van der Waals surface area contributed by atoms with E-state index in [1.54, 1.807) is 44.8 Å². The van der Waals surface area contributed by atoms with Crippen molar-refractivity contribution in [1.29, 1.82) is 0 Å². The van der Waals surface area contributed by atoms with Gasteiger partial charge in [-0.1, -0.05) is 6.07 Å². The minimum absolute atomic E-state index is 0.157. The molecule has 2 aliphatic rings. The maximum atomic E-state index is 13.0. The van der Waals surface area contributed by atoms with Gasteiger partial charge in [-0.2, -0.15) is 0 Å². The molecule has 2 aromatic carbocycles. The zero-order valence-electron chi connectivity index (χ0n) is 17.2. The van der Waals surface area contributed by atoms with Crippen molar-refractivity contribution < 1.29 is 28.2 Å². The van der Waals surface area contributed by atoms with Gasteiger partial charge in [0.05, 0.1) is 38.2 Å². The van der Waals surface area contributed by atoms with Crippen molar-refractivity contribution in [1.82, 2.24) is 4.90 Å². The molecule has 0 amide bonds. The Morgan fingerprint density at radius 1 is 1.10 bits per heavy atom. The standard InChI is InChI=1S/C24H21NO6/c1-27-20-7-5-15(10-21(20)28-2)11-22-23(26)17-6-8-19-18(24(17)31-22)13-25(14-30-19)12-16-4-3-9-29-16/h3-11H,12-14H2,1-2H3/b22-11-. The van der Waals surface area contributed by atoms with Gasteiger partial charge in [-0.05, 0) is 48.0 Å². The number of carbonyl (C=O) groups is 1. The molecule has 0 spiro atoms. The number of furan rings is 1. The average Bonchev–Trinajstić information content (AvgIpc) is 3.42. The summed E-state index contributed by atoms with van der Waals surface area (Å²) in [4.78, 5) is 15.1. The molecule has 0 unspecified atom stereocenters. The van der Waals surface area contributed by atoms with E-state index < -0.39 is 0 Å². The van der Waals surface area contributed by atoms with E-state index in [1.165, 1.54) is 0 Å². The molecule has 7 heteroatoms. The highest BCUT2D eigenvalue weighted by molar-refractivity contribution is 6.15. The van der Waals surface area contributed by atoms with Gasteiger partial charge in [-0.3, -0.25) is 9.69 Å². The number of ketones is 1. The Labute approximate surface area is 179 Å². The Kier molecular flexibility index (Phi) is 4.88. The highest BCUT2D eigenvalue weighted by Gasteiger charge is 2.33. The van der Waals surface area contributed by atoms with Gasteiger partial charge >= 0.3 is 0 Å². The molecule has 0 saturated heterocycles. The number of carbonyl (C=O) groups excluding carboxylic acids is 1. The molecule has 0 aliphatic carbocycles. The van der Waals surface area contributed by atoms with Gasteiger partial charge in [0.1, 0.15) is 24.0 Å². The predicted molar refractivity (Wildman–Crippen MR) is 112 cm³/mol. The molecule has 0 saturated carbocycles. The smallest absolute Gasteiger partial charge is 0.231 e. The van der Waals surface area contributed by atoms with Crippen LogP contribution in [0.2, 0.25) is 0 Å². The lowest BCUT2D eigenvalue weighted by molar-refractivity contribution is 0.0810. The highest BCUT2D eigenvalue weighted by atomic mass is 16.5. The maximum absolute atomic E-state index is 13.0. The summed E-state index contributed by atoms with van der Waals surface area (Å²) < 4.78 is 28.0. The van der Waals surface area contributed by atoms with Crippen molar-refractivity contribution in [3.8, 4) is 23.0 Å². The van der Waals surface area contributed by atoms with Gasteiger partial charge in [0.2, 0.25) is 5.78 Å². The second-order valence-electron chi connectivity index (χ2n) is 7.31. The first kappa shape index (κ1) is 19.3. The summed E-state index contributed by atoms with van der Waals surface area (Å²) in [5.41, 5.74) is 2.17. The van der Waals surface area contributed by atoms with Crippen LogP contribution < -0.4 is 18.9 Å². The summed E-state index contributed by atoms with van der Waals surface area (Å²) in [7, 11) is 3.15. The summed E-state index contributed by atoms with van der Waals surface area (Å²) in [5, 5.41) is 0. The summed E-state index contributed by atoms with van der Waals surface area (Å²) in [6.45, 7) is 1.64. The van der Waals surface area contributed by atoms with Gasteiger partial charge in [0.15, 0.2) is 17.3 Å². The lowest BCUT2D eigenvalue weighted by Gasteiger charge is -2.29. The second-order valence-corrected chi connectivity index (χ2v) is 7.31. The van der Waals surface area contributed by atoms with Crippen molar-refractivity contribution in [2.45, 2.75) is 13.1 Å². The zero-order valence-corrected chi connectivity index (χ0v) is 17.2. The molecule has 7 nitrogen and oxygen atoms in total. The maximum Gasteiger partial charge on any atom is 0.231 e. The molecule has 5 rings (SSSR count). The van der Waals surface area contributed by atoms with Crippen molar-refractivity contribution in [3.63, 3.8) is 0 Å². The van der Waals surface area contributed by atoms with Gasteiger partial charge in [0, 0.05) is 6.54 Å². The topological polar surface area (TPSA) is 70.4 Å². The molecule has 3 aromatic rings. The number of allylic oxidation sites excluding steroid dienone is 1. The van der Waals surface area contributed by atoms with E-state index >= 15 is 0 Å². The third-order valence-corrected chi connectivity index (χ3v) is 5.35. The fourth-order valence-corrected chi connectivity index (χ4v) is 3.82. The second kappa shape index (κ2) is 7.85. The van der Waals surface area contributed by atoms with Gasteiger partial charge in [-0.25, -0.2) is 0 Å². The average molecular weight is 419 g/mol. The van der Waals surface area contributed by atoms with E-state index in [1.807, 2.05) is 24.3 Å². The Bertz CT molecular complexity index is 1170. The zero-order chi connectivity index (χ0) is 21.4. The molecule has 0 radical (unpaired) electrons. The van der Waals surface area contributed by atoms with Crippen LogP contribution in [0.15, 0.2) is 58.9 Å². The Balaban J connectivity index is 1.43. The molecule has 1 aromatic heterocycles. The minimum Gasteiger partial charge on any atom is -0.493 e. The SMILES string of the molecule is COc1ccc(/C=C2\Oc3c(ccc4c3CN(Cc3ccco3)CO4)C2=O)cc1OC. The number of methoxy groups -OCH3 is 2. The third kappa shape index (κ3) is 3.53. The quantitative estimate of drug-likeness (QED) is 0.572. The molecule has 158 valence electrons. The number of hydrogen-bond donors (Lipinski definition) is 0. The molecule has 31 heavy (non-hydrogen) atoms. The first-order valence-electron chi connectivity index (χ1n) is 9.86. The molecular weight excluding hydrogens is 398 g/mol. The summed E-state index contributed by atoms with van der Waals surface area (Å²) in [6, 6.07) is 12.8. The molecule has 2 aliphatic heterocycles. The Hall–Kier alpha value is -3.71. The van der Waals surface area contributed by atoms with Crippen LogP contribution in [0.1, 0.15) is 27.2 Å². The van der Waals surface area contributed by atoms with E-state index in [0.717, 1.165) is 22.6 Å². The molecular formula is C24H21NO6. The third-order valence-electron chi connectivity index (χ3n) is 5.35. The van der Waals surface area contributed by atoms with E-state index in [-0.39, 0.29) is 11.5 Å². The number of nitrogens with zero attached hydrogens (tertiary/aromatic N) is 1. The lowest BCUT2D eigenvalue weighted by atomic mass is 10.0. The summed E-state index contributed by atoms with van der Waals surface area (Å²) >= 11 is 0. The van der Waals surface area contributed by atoms with Crippen molar-refractivity contribution in [2.75, 3.05) is 21.0 Å². The summed E-state index contributed by atoms with van der Waals surface area (Å²) in [6.07, 6.45) is 3.36. The Morgan fingerprint density at radius 3 is 2.74 bits per heavy atom. The number of benzene rings is 2. The normalized spacial score (nSPS) is 16.5. The molecule has 0 N–H and O–H groups in total. The van der Waals surface area contributed by atoms with Crippen LogP contribution in [0.4, 0.5) is 0 Å². The van der Waals surface area contributed by atoms with E-state index in [2.05, 4.69) is 4.90 Å². The first-order valence-corrected chi connectivity index (χ1v) is 9.86. The number of hydrogen-bond acceptors (Lipinski definition) is 7. The molecule has 0 fully saturated rings. The number of rotatable bonds is 5. The minimum atomic E-state index is -0.157. The van der Waals surface area contributed by atoms with Crippen LogP contribution in [0.5, 0.6) is 23.0 Å². The van der Waals surface area contributed by atoms with Crippen molar-refractivity contribution >= 4 is 11.9 Å². The fraction of sp³-hybridized carbons (Fsp3) is 0.208. The Morgan fingerprint density at radius 2 is 1.97 bits per heavy atom. The molecule has 3 heterocycles. The van der Waals surface area contributed by atoms with Gasteiger partial charge < -0.3 is 23.4 Å². The van der Waals surface area contributed by atoms with Crippen LogP contribution in [-0.4, -0.2) is 31.6 Å². The van der Waals surface area contributed by atoms with E-state index in [0.29, 0.717) is 42.6 Å². The summed E-state index contributed by atoms with van der Waals surface area (Å²) in [5.74, 6) is 3.45. The van der Waals surface area contributed by atoms with Gasteiger partial charge in [-0.15, -0.1) is 0 Å². The lowest BCUT2D eigenvalue weighted by Crippen LogP contribution is -2.31. The molecule has 0 bridgehead atoms. The highest BCUT2D eigenvalue weighted by Crippen LogP contribution is 2.42. The largest absolute Gasteiger partial charge is 0.493 e. The molecule has 0 atom stereocenters.